The van der Waals surface area contributed by atoms with Gasteiger partial charge in [0.25, 0.3) is 0 Å². The molecule has 6 rings (SSSR count). The fraction of sp³-hybridized carbons (Fsp3) is 0.531. The first kappa shape index (κ1) is 29.6. The number of hydrogen-bond donors (Lipinski definition) is 3. The number of likely N-dealkylation sites (tertiary alicyclic amines) is 1. The molecule has 228 valence electrons. The van der Waals surface area contributed by atoms with Gasteiger partial charge in [-0.15, -0.1) is 0 Å². The Kier molecular flexibility index (Phi) is 7.08. The van der Waals surface area contributed by atoms with Gasteiger partial charge in [-0.3, -0.25) is 33.8 Å². The number of phenols is 1. The van der Waals surface area contributed by atoms with Gasteiger partial charge >= 0.3 is 0 Å². The third kappa shape index (κ3) is 4.35. The molecule has 43 heavy (non-hydrogen) atoms. The summed E-state index contributed by atoms with van der Waals surface area (Å²) in [6.07, 6.45) is 1.35. The summed E-state index contributed by atoms with van der Waals surface area (Å²) in [5, 5.41) is 24.5. The topological polar surface area (TPSA) is 162 Å². The molecule has 2 saturated carbocycles. The average Bonchev–Trinajstić information content (AvgIpc) is 3.39. The van der Waals surface area contributed by atoms with Gasteiger partial charge in [-0.25, -0.2) is 0 Å². The number of ketones is 4. The summed E-state index contributed by atoms with van der Waals surface area (Å²) >= 11 is 0. The van der Waals surface area contributed by atoms with E-state index in [2.05, 4.69) is 23.9 Å². The zero-order valence-electron chi connectivity index (χ0n) is 24.9. The minimum atomic E-state index is -2.73. The van der Waals surface area contributed by atoms with E-state index in [1.165, 1.54) is 4.90 Å². The molecule has 1 amide bonds. The molecule has 2 unspecified atom stereocenters. The molecule has 0 aromatic heterocycles. The highest BCUT2D eigenvalue weighted by Gasteiger charge is 2.69. The van der Waals surface area contributed by atoms with Crippen molar-refractivity contribution in [3.8, 4) is 5.75 Å². The van der Waals surface area contributed by atoms with Crippen molar-refractivity contribution in [3.05, 3.63) is 41.0 Å². The largest absolute Gasteiger partial charge is 0.507 e. The van der Waals surface area contributed by atoms with Gasteiger partial charge in [-0.05, 0) is 76.0 Å². The molecule has 11 heteroatoms. The third-order valence-corrected chi connectivity index (χ3v) is 10.3. The Labute approximate surface area is 249 Å². The molecule has 7 atom stereocenters. The van der Waals surface area contributed by atoms with Gasteiger partial charge in [0, 0.05) is 37.0 Å². The summed E-state index contributed by atoms with van der Waals surface area (Å²) in [4.78, 5) is 72.9. The molecule has 1 aliphatic heterocycles. The van der Waals surface area contributed by atoms with Crippen LogP contribution >= 0.6 is 0 Å². The van der Waals surface area contributed by atoms with Crippen LogP contribution in [0, 0.1) is 23.7 Å². The quantitative estimate of drug-likeness (QED) is 0.409. The van der Waals surface area contributed by atoms with Gasteiger partial charge in [-0.2, -0.15) is 0 Å². The highest BCUT2D eigenvalue weighted by molar-refractivity contribution is 6.32. The Hall–Kier alpha value is -3.51. The van der Waals surface area contributed by atoms with Crippen molar-refractivity contribution in [1.29, 1.82) is 0 Å². The van der Waals surface area contributed by atoms with Crippen LogP contribution in [0.2, 0.25) is 0 Å². The monoisotopic (exact) mass is 590 g/mol. The SMILES string of the molecule is CN(C)[C@H]1CCN(Cc2ccc3cc4c(c(O)c3c2)C(=O)C2C(=O)[C@]3(O)C(=O)C(C(N)=O)C(=O)[C@@H](N(C)C)[C@@H]3C[C@@H]2C4)C1. The minimum Gasteiger partial charge on any atom is -0.507 e. The molecule has 0 spiro atoms. The Balaban J connectivity index is 1.37. The average molecular weight is 591 g/mol. The number of carbonyl (C=O) groups excluding carboxylic acids is 5. The Bertz CT molecular complexity index is 1590. The molecule has 1 heterocycles. The highest BCUT2D eigenvalue weighted by Crippen LogP contribution is 2.51. The van der Waals surface area contributed by atoms with Gasteiger partial charge in [0.2, 0.25) is 5.91 Å². The van der Waals surface area contributed by atoms with Crippen LogP contribution in [0.5, 0.6) is 5.75 Å². The van der Waals surface area contributed by atoms with Crippen molar-refractivity contribution in [1.82, 2.24) is 14.7 Å². The van der Waals surface area contributed by atoms with E-state index in [1.807, 2.05) is 24.3 Å². The van der Waals surface area contributed by atoms with Gasteiger partial charge in [0.15, 0.2) is 34.7 Å². The molecule has 2 aromatic carbocycles. The summed E-state index contributed by atoms with van der Waals surface area (Å²) in [6, 6.07) is 7.04. The number of hydrogen-bond acceptors (Lipinski definition) is 10. The summed E-state index contributed by atoms with van der Waals surface area (Å²) in [5.74, 6) is -10.3. The molecule has 4 aliphatic rings. The van der Waals surface area contributed by atoms with Crippen molar-refractivity contribution in [3.63, 3.8) is 0 Å². The molecular weight excluding hydrogens is 552 g/mol. The maximum atomic E-state index is 14.0. The fourth-order valence-electron chi connectivity index (χ4n) is 8.15. The normalized spacial score (nSPS) is 32.8. The van der Waals surface area contributed by atoms with Gasteiger partial charge < -0.3 is 20.8 Å². The van der Waals surface area contributed by atoms with E-state index >= 15 is 0 Å². The lowest BCUT2D eigenvalue weighted by Gasteiger charge is -2.52. The molecule has 1 saturated heterocycles. The maximum Gasteiger partial charge on any atom is 0.235 e. The van der Waals surface area contributed by atoms with Crippen LogP contribution in [0.25, 0.3) is 10.8 Å². The molecule has 0 radical (unpaired) electrons. The molecule has 3 aliphatic carbocycles. The molecule has 4 N–H and O–H groups in total. The zero-order chi connectivity index (χ0) is 31.1. The molecular formula is C32H38N4O7. The van der Waals surface area contributed by atoms with Crippen molar-refractivity contribution in [2.45, 2.75) is 43.5 Å². The number of fused-ring (bicyclic) bond motifs is 4. The van der Waals surface area contributed by atoms with Crippen LogP contribution in [-0.2, 0) is 32.1 Å². The molecule has 3 fully saturated rings. The first-order chi connectivity index (χ1) is 20.2. The second kappa shape index (κ2) is 10.3. The summed E-state index contributed by atoms with van der Waals surface area (Å²) in [6.45, 7) is 2.59. The number of phenolic OH excluding ortho intramolecular Hbond substituents is 1. The maximum absolute atomic E-state index is 14.0. The van der Waals surface area contributed by atoms with Gasteiger partial charge in [0.1, 0.15) is 5.75 Å². The van der Waals surface area contributed by atoms with Crippen LogP contribution < -0.4 is 5.73 Å². The number of aromatic hydroxyl groups is 1. The fourth-order valence-corrected chi connectivity index (χ4v) is 8.15. The van der Waals surface area contributed by atoms with Crippen LogP contribution in [0.3, 0.4) is 0 Å². The van der Waals surface area contributed by atoms with Crippen molar-refractivity contribution in [2.75, 3.05) is 41.3 Å². The smallest absolute Gasteiger partial charge is 0.235 e. The first-order valence-electron chi connectivity index (χ1n) is 14.8. The Morgan fingerprint density at radius 2 is 1.79 bits per heavy atom. The predicted octanol–water partition coefficient (Wildman–Crippen LogP) is 0.156. The van der Waals surface area contributed by atoms with Crippen molar-refractivity contribution < 1.29 is 34.2 Å². The number of nitrogens with two attached hydrogens (primary N) is 1. The number of primary amides is 1. The lowest BCUT2D eigenvalue weighted by atomic mass is 9.52. The third-order valence-electron chi connectivity index (χ3n) is 10.3. The van der Waals surface area contributed by atoms with Crippen LogP contribution in [0.4, 0.5) is 0 Å². The minimum absolute atomic E-state index is 0.0186. The van der Waals surface area contributed by atoms with E-state index < -0.39 is 64.4 Å². The number of benzene rings is 2. The first-order valence-corrected chi connectivity index (χ1v) is 14.8. The Morgan fingerprint density at radius 1 is 1.07 bits per heavy atom. The van der Waals surface area contributed by atoms with E-state index in [0.717, 1.165) is 30.5 Å². The molecule has 2 aromatic rings. The summed E-state index contributed by atoms with van der Waals surface area (Å²) in [5.41, 5.74) is 4.25. The van der Waals surface area contributed by atoms with Crippen molar-refractivity contribution in [2.24, 2.45) is 29.4 Å². The summed E-state index contributed by atoms with van der Waals surface area (Å²) in [7, 11) is 7.28. The summed E-state index contributed by atoms with van der Waals surface area (Å²) < 4.78 is 0. The Morgan fingerprint density at radius 3 is 2.42 bits per heavy atom. The number of nitrogens with zero attached hydrogens (tertiary/aromatic N) is 3. The number of amides is 1. The second-order valence-corrected chi connectivity index (χ2v) is 13.2. The highest BCUT2D eigenvalue weighted by atomic mass is 16.3. The van der Waals surface area contributed by atoms with Gasteiger partial charge in [0.05, 0.1) is 17.5 Å². The van der Waals surface area contributed by atoms with Crippen LogP contribution in [0.1, 0.15) is 34.3 Å². The number of carbonyl (C=O) groups is 5. The molecule has 0 bridgehead atoms. The number of likely N-dealkylation sites (N-methyl/N-ethyl adjacent to an activating group) is 2. The van der Waals surface area contributed by atoms with E-state index in [0.29, 0.717) is 23.5 Å². The lowest BCUT2D eigenvalue weighted by Crippen LogP contribution is -2.74. The standard InChI is InChI=1S/C32H38N4O7/c1-34(2)19-7-8-36(14-19)13-15-5-6-16-10-17-11-18-12-21-25(35(3)4)28(39)24(31(33)42)30(41)32(21,43)29(40)23(18)27(38)22(17)26(37)20(16)9-15/h5-6,9-10,18-19,21,23-25,37,43H,7-8,11-14H2,1-4H3,(H2,33,42)/t18-,19-,21-,23?,24?,25-,32-/m0/s1. The van der Waals surface area contributed by atoms with E-state index in [4.69, 9.17) is 5.73 Å². The molecule has 11 nitrogen and oxygen atoms in total. The number of rotatable bonds is 5. The van der Waals surface area contributed by atoms with E-state index in [1.54, 1.807) is 14.1 Å². The van der Waals surface area contributed by atoms with Crippen molar-refractivity contribution >= 4 is 39.8 Å². The van der Waals surface area contributed by atoms with Crippen LogP contribution in [0.15, 0.2) is 24.3 Å². The van der Waals surface area contributed by atoms with Gasteiger partial charge in [-0.1, -0.05) is 18.2 Å². The van der Waals surface area contributed by atoms with E-state index in [9.17, 15) is 34.2 Å². The number of aliphatic hydroxyl groups is 1. The predicted molar refractivity (Wildman–Crippen MR) is 156 cm³/mol. The zero-order valence-corrected chi connectivity index (χ0v) is 24.9. The second-order valence-electron chi connectivity index (χ2n) is 13.2. The van der Waals surface area contributed by atoms with E-state index in [-0.39, 0.29) is 24.2 Å². The number of Topliss-reactive ketones (excluding diaryl/α,β-unsaturated/α-hetero) is 4. The van der Waals surface area contributed by atoms with Crippen LogP contribution in [-0.4, -0.2) is 113 Å². The lowest BCUT2D eigenvalue weighted by molar-refractivity contribution is -0.181.